The summed E-state index contributed by atoms with van der Waals surface area (Å²) in [6.45, 7) is 0. The molecule has 0 aromatic heterocycles. The third-order valence-corrected chi connectivity index (χ3v) is 4.03. The van der Waals surface area contributed by atoms with Crippen LogP contribution >= 0.6 is 0 Å². The van der Waals surface area contributed by atoms with E-state index >= 15 is 0 Å². The molecule has 0 saturated heterocycles. The molecule has 1 saturated carbocycles. The van der Waals surface area contributed by atoms with Crippen LogP contribution in [-0.4, -0.2) is 11.3 Å². The number of benzene rings is 2. The SMILES string of the molecule is Nc1c(-c2ccccc2)cccc1C(O)(C#CC1CC1)C(F)(F)F. The fraction of sp³-hybridized carbons (Fsp3) is 0.263. The first-order chi connectivity index (χ1) is 11.3. The first-order valence-electron chi connectivity index (χ1n) is 7.59. The third kappa shape index (κ3) is 2.98. The van der Waals surface area contributed by atoms with E-state index in [1.54, 1.807) is 36.4 Å². The number of nitrogen functional groups attached to an aromatic ring is 1. The van der Waals surface area contributed by atoms with Crippen LogP contribution in [0.1, 0.15) is 18.4 Å². The molecule has 1 fully saturated rings. The zero-order valence-electron chi connectivity index (χ0n) is 12.8. The lowest BCUT2D eigenvalue weighted by Crippen LogP contribution is -2.41. The number of hydrogen-bond donors (Lipinski definition) is 2. The molecule has 1 unspecified atom stereocenters. The highest BCUT2D eigenvalue weighted by atomic mass is 19.4. The second-order valence-electron chi connectivity index (χ2n) is 5.88. The highest BCUT2D eigenvalue weighted by Gasteiger charge is 2.55. The third-order valence-electron chi connectivity index (χ3n) is 4.03. The number of halogens is 3. The Labute approximate surface area is 138 Å². The molecule has 0 aliphatic heterocycles. The van der Waals surface area contributed by atoms with Gasteiger partial charge in [0.05, 0.1) is 0 Å². The van der Waals surface area contributed by atoms with Gasteiger partial charge in [-0.3, -0.25) is 0 Å². The van der Waals surface area contributed by atoms with Gasteiger partial charge in [0.2, 0.25) is 5.60 Å². The average Bonchev–Trinajstić information content (AvgIpc) is 3.37. The van der Waals surface area contributed by atoms with E-state index in [0.29, 0.717) is 11.1 Å². The monoisotopic (exact) mass is 331 g/mol. The largest absolute Gasteiger partial charge is 0.433 e. The minimum absolute atomic E-state index is 0.0718. The summed E-state index contributed by atoms with van der Waals surface area (Å²) in [6, 6.07) is 13.1. The molecule has 24 heavy (non-hydrogen) atoms. The Kier molecular flexibility index (Phi) is 4.02. The molecule has 0 bridgehead atoms. The Morgan fingerprint density at radius 1 is 1.00 bits per heavy atom. The second kappa shape index (κ2) is 5.88. The quantitative estimate of drug-likeness (QED) is 0.643. The van der Waals surface area contributed by atoms with Gasteiger partial charge in [0, 0.05) is 22.7 Å². The van der Waals surface area contributed by atoms with Crippen molar-refractivity contribution in [3.8, 4) is 23.0 Å². The van der Waals surface area contributed by atoms with Crippen molar-refractivity contribution >= 4 is 5.69 Å². The lowest BCUT2D eigenvalue weighted by molar-refractivity contribution is -0.240. The minimum Gasteiger partial charge on any atom is -0.398 e. The average molecular weight is 331 g/mol. The van der Waals surface area contributed by atoms with Crippen molar-refractivity contribution in [2.75, 3.05) is 5.73 Å². The molecule has 0 amide bonds. The maximum absolute atomic E-state index is 13.6. The summed E-state index contributed by atoms with van der Waals surface area (Å²) < 4.78 is 40.7. The predicted octanol–water partition coefficient (Wildman–Crippen LogP) is 4.10. The van der Waals surface area contributed by atoms with Crippen LogP contribution in [0, 0.1) is 17.8 Å². The van der Waals surface area contributed by atoms with E-state index in [2.05, 4.69) is 5.92 Å². The van der Waals surface area contributed by atoms with Crippen molar-refractivity contribution in [3.63, 3.8) is 0 Å². The Bertz CT molecular complexity index is 801. The van der Waals surface area contributed by atoms with Gasteiger partial charge in [0.25, 0.3) is 0 Å². The number of alkyl halides is 3. The number of nitrogens with two attached hydrogens (primary N) is 1. The van der Waals surface area contributed by atoms with Crippen LogP contribution in [0.15, 0.2) is 48.5 Å². The second-order valence-corrected chi connectivity index (χ2v) is 5.88. The summed E-state index contributed by atoms with van der Waals surface area (Å²) in [5.74, 6) is 4.48. The Morgan fingerprint density at radius 2 is 1.67 bits per heavy atom. The summed E-state index contributed by atoms with van der Waals surface area (Å²) in [6.07, 6.45) is -3.42. The highest BCUT2D eigenvalue weighted by Crippen LogP contribution is 2.43. The number of aliphatic hydroxyl groups is 1. The van der Waals surface area contributed by atoms with Crippen LogP contribution < -0.4 is 5.73 Å². The molecule has 1 aliphatic rings. The van der Waals surface area contributed by atoms with Crippen molar-refractivity contribution in [2.24, 2.45) is 5.92 Å². The molecule has 124 valence electrons. The predicted molar refractivity (Wildman–Crippen MR) is 86.7 cm³/mol. The summed E-state index contributed by atoms with van der Waals surface area (Å²) in [7, 11) is 0. The first kappa shape index (κ1) is 16.4. The fourth-order valence-corrected chi connectivity index (χ4v) is 2.48. The van der Waals surface area contributed by atoms with E-state index < -0.39 is 17.3 Å². The smallest absolute Gasteiger partial charge is 0.398 e. The van der Waals surface area contributed by atoms with Crippen LogP contribution in [0.2, 0.25) is 0 Å². The van der Waals surface area contributed by atoms with E-state index in [1.165, 1.54) is 12.1 Å². The maximum Gasteiger partial charge on any atom is 0.433 e. The molecule has 2 nitrogen and oxygen atoms in total. The normalized spacial score (nSPS) is 16.8. The molecule has 5 heteroatoms. The van der Waals surface area contributed by atoms with E-state index in [1.807, 2.05) is 5.92 Å². The van der Waals surface area contributed by atoms with E-state index in [4.69, 9.17) is 5.73 Å². The number of para-hydroxylation sites is 1. The number of anilines is 1. The van der Waals surface area contributed by atoms with Crippen molar-refractivity contribution in [3.05, 3.63) is 54.1 Å². The Hall–Kier alpha value is -2.45. The standard InChI is InChI=1S/C19H16F3NO/c20-19(21,22)18(24,12-11-13-9-10-13)16-8-4-7-15(17(16)23)14-5-2-1-3-6-14/h1-8,13,24H,9-10,23H2. The topological polar surface area (TPSA) is 46.2 Å². The summed E-state index contributed by atoms with van der Waals surface area (Å²) in [5, 5.41) is 10.4. The molecular formula is C19H16F3NO. The van der Waals surface area contributed by atoms with Crippen LogP contribution in [0.25, 0.3) is 11.1 Å². The molecule has 2 aromatic carbocycles. The zero-order chi connectivity index (χ0) is 17.4. The summed E-state index contributed by atoms with van der Waals surface area (Å²) in [5.41, 5.74) is 3.29. The first-order valence-corrected chi connectivity index (χ1v) is 7.59. The molecule has 1 atom stereocenters. The van der Waals surface area contributed by atoms with Gasteiger partial charge in [-0.05, 0) is 18.4 Å². The molecule has 0 heterocycles. The molecule has 0 radical (unpaired) electrons. The van der Waals surface area contributed by atoms with Crippen molar-refractivity contribution in [1.82, 2.24) is 0 Å². The highest BCUT2D eigenvalue weighted by molar-refractivity contribution is 5.79. The molecular weight excluding hydrogens is 315 g/mol. The minimum atomic E-state index is -4.95. The van der Waals surface area contributed by atoms with Crippen LogP contribution in [0.5, 0.6) is 0 Å². The summed E-state index contributed by atoms with van der Waals surface area (Å²) >= 11 is 0. The molecule has 3 rings (SSSR count). The molecule has 0 spiro atoms. The van der Waals surface area contributed by atoms with Gasteiger partial charge >= 0.3 is 6.18 Å². The molecule has 3 N–H and O–H groups in total. The Morgan fingerprint density at radius 3 is 2.25 bits per heavy atom. The molecule has 1 aliphatic carbocycles. The molecule has 2 aromatic rings. The van der Waals surface area contributed by atoms with Crippen LogP contribution in [0.4, 0.5) is 18.9 Å². The van der Waals surface area contributed by atoms with Gasteiger partial charge in [-0.1, -0.05) is 60.4 Å². The lowest BCUT2D eigenvalue weighted by atomic mass is 9.88. The van der Waals surface area contributed by atoms with Crippen LogP contribution in [-0.2, 0) is 5.60 Å². The number of hydrogen-bond acceptors (Lipinski definition) is 2. The van der Waals surface area contributed by atoms with Gasteiger partial charge in [0.15, 0.2) is 0 Å². The zero-order valence-corrected chi connectivity index (χ0v) is 12.8. The van der Waals surface area contributed by atoms with Gasteiger partial charge in [0.1, 0.15) is 0 Å². The van der Waals surface area contributed by atoms with Gasteiger partial charge in [-0.15, -0.1) is 0 Å². The van der Waals surface area contributed by atoms with E-state index in [9.17, 15) is 18.3 Å². The van der Waals surface area contributed by atoms with Gasteiger partial charge in [-0.25, -0.2) is 0 Å². The maximum atomic E-state index is 13.6. The summed E-state index contributed by atoms with van der Waals surface area (Å²) in [4.78, 5) is 0. The van der Waals surface area contributed by atoms with Crippen molar-refractivity contribution in [1.29, 1.82) is 0 Å². The van der Waals surface area contributed by atoms with Gasteiger partial charge < -0.3 is 10.8 Å². The van der Waals surface area contributed by atoms with Crippen molar-refractivity contribution in [2.45, 2.75) is 24.6 Å². The lowest BCUT2D eigenvalue weighted by Gasteiger charge is -2.27. The van der Waals surface area contributed by atoms with E-state index in [-0.39, 0.29) is 11.6 Å². The van der Waals surface area contributed by atoms with E-state index in [0.717, 1.165) is 12.8 Å². The van der Waals surface area contributed by atoms with Crippen LogP contribution in [0.3, 0.4) is 0 Å². The van der Waals surface area contributed by atoms with Gasteiger partial charge in [-0.2, -0.15) is 13.2 Å². The number of rotatable bonds is 2. The van der Waals surface area contributed by atoms with Crippen molar-refractivity contribution < 1.29 is 18.3 Å². The Balaban J connectivity index is 2.14. The fourth-order valence-electron chi connectivity index (χ4n) is 2.48.